The van der Waals surface area contributed by atoms with E-state index >= 15 is 0 Å². The molecule has 0 aliphatic carbocycles. The van der Waals surface area contributed by atoms with Gasteiger partial charge in [0.05, 0.1) is 22.8 Å². The molecule has 1 aliphatic heterocycles. The Bertz CT molecular complexity index is 403. The number of halogens is 2. The number of benzene rings is 1. The smallest absolute Gasteiger partial charge is 0.131 e. The summed E-state index contributed by atoms with van der Waals surface area (Å²) >= 11 is 11.9. The van der Waals surface area contributed by atoms with E-state index in [-0.39, 0.29) is 0 Å². The highest BCUT2D eigenvalue weighted by molar-refractivity contribution is 6.42. The van der Waals surface area contributed by atoms with Crippen molar-refractivity contribution >= 4 is 23.2 Å². The minimum absolute atomic E-state index is 0.471. The number of aliphatic hydroxyl groups excluding tert-OH is 1. The Labute approximate surface area is 111 Å². The van der Waals surface area contributed by atoms with Gasteiger partial charge in [0.15, 0.2) is 0 Å². The summed E-state index contributed by atoms with van der Waals surface area (Å²) in [7, 11) is 0. The Morgan fingerprint density at radius 2 is 2.18 bits per heavy atom. The molecule has 3 nitrogen and oxygen atoms in total. The molecule has 1 aromatic rings. The highest BCUT2D eigenvalue weighted by Gasteiger charge is 2.40. The first kappa shape index (κ1) is 13.1. The van der Waals surface area contributed by atoms with Crippen LogP contribution in [0.2, 0.25) is 10.0 Å². The van der Waals surface area contributed by atoms with Gasteiger partial charge in [-0.2, -0.15) is 0 Å². The summed E-state index contributed by atoms with van der Waals surface area (Å²) in [5, 5.41) is 14.2. The normalized spacial score (nSPS) is 26.8. The Balaban J connectivity index is 2.41. The van der Waals surface area contributed by atoms with Gasteiger partial charge in [-0.25, -0.2) is 0 Å². The third kappa shape index (κ3) is 2.44. The number of nitrogens with one attached hydrogen (secondary N) is 1. The highest BCUT2D eigenvalue weighted by atomic mass is 35.5. The Hall–Kier alpha value is -0.320. The maximum Gasteiger partial charge on any atom is 0.131 e. The molecule has 0 saturated carbocycles. The van der Waals surface area contributed by atoms with E-state index in [1.807, 2.05) is 6.07 Å². The van der Waals surface area contributed by atoms with Crippen LogP contribution < -0.4 is 5.32 Å². The molecular formula is C12H15Cl2NO2. The number of rotatable bonds is 2. The van der Waals surface area contributed by atoms with Crippen LogP contribution in [0.15, 0.2) is 18.2 Å². The van der Waals surface area contributed by atoms with E-state index in [0.29, 0.717) is 23.2 Å². The van der Waals surface area contributed by atoms with Gasteiger partial charge in [-0.15, -0.1) is 0 Å². The minimum Gasteiger partial charge on any atom is -0.390 e. The summed E-state index contributed by atoms with van der Waals surface area (Å²) in [4.78, 5) is 0. The van der Waals surface area contributed by atoms with Gasteiger partial charge in [-0.05, 0) is 24.6 Å². The van der Waals surface area contributed by atoms with Gasteiger partial charge in [0.25, 0.3) is 0 Å². The molecular weight excluding hydrogens is 261 g/mol. The van der Waals surface area contributed by atoms with Crippen LogP contribution in [-0.2, 0) is 10.3 Å². The molecule has 17 heavy (non-hydrogen) atoms. The number of hydrogen-bond acceptors (Lipinski definition) is 3. The molecule has 2 N–H and O–H groups in total. The van der Waals surface area contributed by atoms with E-state index in [4.69, 9.17) is 27.9 Å². The average Bonchev–Trinajstić information content (AvgIpc) is 2.33. The molecule has 0 radical (unpaired) electrons. The quantitative estimate of drug-likeness (QED) is 0.870. The molecule has 1 heterocycles. The van der Waals surface area contributed by atoms with E-state index in [1.165, 1.54) is 0 Å². The van der Waals surface area contributed by atoms with Crippen molar-refractivity contribution in [2.24, 2.45) is 0 Å². The van der Waals surface area contributed by atoms with Gasteiger partial charge in [0.2, 0.25) is 0 Å². The summed E-state index contributed by atoms with van der Waals surface area (Å²) < 4.78 is 5.79. The zero-order valence-electron chi connectivity index (χ0n) is 9.54. The molecule has 0 spiro atoms. The Morgan fingerprint density at radius 1 is 1.41 bits per heavy atom. The van der Waals surface area contributed by atoms with Gasteiger partial charge < -0.3 is 15.2 Å². The maximum atomic E-state index is 10.0. The number of morpholine rings is 1. The van der Waals surface area contributed by atoms with Crippen LogP contribution in [-0.4, -0.2) is 30.9 Å². The maximum absolute atomic E-state index is 10.0. The van der Waals surface area contributed by atoms with Crippen molar-refractivity contribution in [2.45, 2.75) is 18.6 Å². The molecule has 2 rings (SSSR count). The molecule has 2 atom stereocenters. The van der Waals surface area contributed by atoms with Gasteiger partial charge >= 0.3 is 0 Å². The lowest BCUT2D eigenvalue weighted by Gasteiger charge is -2.40. The van der Waals surface area contributed by atoms with Crippen LogP contribution in [0.1, 0.15) is 12.5 Å². The van der Waals surface area contributed by atoms with Gasteiger partial charge in [-0.3, -0.25) is 0 Å². The van der Waals surface area contributed by atoms with E-state index in [9.17, 15) is 5.11 Å². The first-order valence-corrected chi connectivity index (χ1v) is 6.30. The lowest BCUT2D eigenvalue weighted by Crippen LogP contribution is -2.53. The summed E-state index contributed by atoms with van der Waals surface area (Å²) in [5.74, 6) is 0. The summed E-state index contributed by atoms with van der Waals surface area (Å²) in [6.45, 7) is 3.62. The molecule has 5 heteroatoms. The fraction of sp³-hybridized carbons (Fsp3) is 0.500. The minimum atomic E-state index is -0.744. The third-order valence-electron chi connectivity index (χ3n) is 3.11. The topological polar surface area (TPSA) is 41.5 Å². The summed E-state index contributed by atoms with van der Waals surface area (Å²) in [5.41, 5.74) is 0.0982. The van der Waals surface area contributed by atoms with Crippen LogP contribution in [0.4, 0.5) is 0 Å². The van der Waals surface area contributed by atoms with Crippen molar-refractivity contribution < 1.29 is 9.84 Å². The standard InChI is InChI=1S/C12H15Cl2NO2/c1-8(16)12(7-15-4-5-17-12)9-2-3-10(13)11(14)6-9/h2-3,6,8,15-16H,4-5,7H2,1H3. The number of hydrogen-bond donors (Lipinski definition) is 2. The molecule has 1 fully saturated rings. The number of ether oxygens (including phenoxy) is 1. The third-order valence-corrected chi connectivity index (χ3v) is 3.85. The van der Waals surface area contributed by atoms with Crippen LogP contribution in [0.25, 0.3) is 0 Å². The molecule has 0 bridgehead atoms. The molecule has 1 aliphatic rings. The first-order valence-electron chi connectivity index (χ1n) is 5.54. The zero-order chi connectivity index (χ0) is 12.5. The van der Waals surface area contributed by atoms with Crippen molar-refractivity contribution in [1.82, 2.24) is 5.32 Å². The fourth-order valence-electron chi connectivity index (χ4n) is 2.08. The SMILES string of the molecule is CC(O)C1(c2ccc(Cl)c(Cl)c2)CNCCO1. The van der Waals surface area contributed by atoms with E-state index in [0.717, 1.165) is 12.1 Å². The van der Waals surface area contributed by atoms with Gasteiger partial charge in [0, 0.05) is 13.1 Å². The zero-order valence-corrected chi connectivity index (χ0v) is 11.1. The Morgan fingerprint density at radius 3 is 2.71 bits per heavy atom. The second-order valence-electron chi connectivity index (χ2n) is 4.22. The molecule has 1 aromatic carbocycles. The van der Waals surface area contributed by atoms with Crippen LogP contribution >= 0.6 is 23.2 Å². The lowest BCUT2D eigenvalue weighted by atomic mass is 9.87. The molecule has 1 saturated heterocycles. The summed E-state index contributed by atoms with van der Waals surface area (Å²) in [6, 6.07) is 5.32. The largest absolute Gasteiger partial charge is 0.390 e. The van der Waals surface area contributed by atoms with E-state index < -0.39 is 11.7 Å². The Kier molecular flexibility index (Phi) is 3.95. The van der Waals surface area contributed by atoms with Crippen molar-refractivity contribution in [2.75, 3.05) is 19.7 Å². The van der Waals surface area contributed by atoms with Crippen LogP contribution in [0.3, 0.4) is 0 Å². The van der Waals surface area contributed by atoms with Gasteiger partial charge in [-0.1, -0.05) is 29.3 Å². The molecule has 0 aromatic heterocycles. The first-order chi connectivity index (χ1) is 8.06. The predicted molar refractivity (Wildman–Crippen MR) is 68.6 cm³/mol. The molecule has 0 amide bonds. The highest BCUT2D eigenvalue weighted by Crippen LogP contribution is 2.34. The second-order valence-corrected chi connectivity index (χ2v) is 5.03. The monoisotopic (exact) mass is 275 g/mol. The van der Waals surface area contributed by atoms with Crippen LogP contribution in [0.5, 0.6) is 0 Å². The van der Waals surface area contributed by atoms with Gasteiger partial charge in [0.1, 0.15) is 5.60 Å². The number of aliphatic hydroxyl groups is 1. The predicted octanol–water partition coefficient (Wildman–Crippen LogP) is 2.19. The van der Waals surface area contributed by atoms with Crippen molar-refractivity contribution in [3.05, 3.63) is 33.8 Å². The van der Waals surface area contributed by atoms with Crippen molar-refractivity contribution in [1.29, 1.82) is 0 Å². The van der Waals surface area contributed by atoms with Crippen LogP contribution in [0, 0.1) is 0 Å². The molecule has 94 valence electrons. The van der Waals surface area contributed by atoms with Crippen molar-refractivity contribution in [3.8, 4) is 0 Å². The fourth-order valence-corrected chi connectivity index (χ4v) is 2.38. The summed E-state index contributed by atoms with van der Waals surface area (Å²) in [6.07, 6.45) is -0.632. The lowest BCUT2D eigenvalue weighted by molar-refractivity contribution is -0.137. The van der Waals surface area contributed by atoms with Crippen molar-refractivity contribution in [3.63, 3.8) is 0 Å². The molecule has 2 unspecified atom stereocenters. The average molecular weight is 276 g/mol. The second kappa shape index (κ2) is 5.12. The van der Waals surface area contributed by atoms with E-state index in [2.05, 4.69) is 5.32 Å². The van der Waals surface area contributed by atoms with E-state index in [1.54, 1.807) is 19.1 Å².